The molecule has 18 heavy (non-hydrogen) atoms. The van der Waals surface area contributed by atoms with Gasteiger partial charge in [-0.05, 0) is 38.3 Å². The molecule has 0 aromatic heterocycles. The Morgan fingerprint density at radius 2 is 2.22 bits per heavy atom. The first-order valence-electron chi connectivity index (χ1n) is 7.74. The third-order valence-electron chi connectivity index (χ3n) is 4.62. The maximum atomic E-state index is 6.05. The molecule has 106 valence electrons. The number of morpholine rings is 1. The molecule has 1 saturated carbocycles. The minimum Gasteiger partial charge on any atom is -0.374 e. The van der Waals surface area contributed by atoms with Gasteiger partial charge >= 0.3 is 0 Å². The average molecular weight is 254 g/mol. The molecule has 4 unspecified atom stereocenters. The zero-order valence-electron chi connectivity index (χ0n) is 12.3. The smallest absolute Gasteiger partial charge is 0.0857 e. The van der Waals surface area contributed by atoms with Crippen LogP contribution >= 0.6 is 0 Å². The summed E-state index contributed by atoms with van der Waals surface area (Å²) in [6.45, 7) is 8.73. The second kappa shape index (κ2) is 6.88. The Labute approximate surface area is 112 Å². The lowest BCUT2D eigenvalue weighted by molar-refractivity contribution is -0.0537. The zero-order valence-corrected chi connectivity index (χ0v) is 12.3. The van der Waals surface area contributed by atoms with Crippen LogP contribution in [0.5, 0.6) is 0 Å². The van der Waals surface area contributed by atoms with Gasteiger partial charge in [-0.25, -0.2) is 0 Å². The van der Waals surface area contributed by atoms with Crippen molar-refractivity contribution in [1.82, 2.24) is 10.2 Å². The molecule has 2 aliphatic rings. The average Bonchev–Trinajstić information content (AvgIpc) is 2.36. The SMILES string of the molecule is CCNC(C1CCCC(C)C1)C1CN(C)CCO1. The summed E-state index contributed by atoms with van der Waals surface area (Å²) in [5.41, 5.74) is 0. The predicted octanol–water partition coefficient (Wildman–Crippen LogP) is 2.12. The van der Waals surface area contributed by atoms with Crippen LogP contribution in [0.4, 0.5) is 0 Å². The summed E-state index contributed by atoms with van der Waals surface area (Å²) < 4.78 is 6.05. The summed E-state index contributed by atoms with van der Waals surface area (Å²) >= 11 is 0. The van der Waals surface area contributed by atoms with E-state index in [-0.39, 0.29) is 0 Å². The lowest BCUT2D eigenvalue weighted by Crippen LogP contribution is -2.54. The molecule has 0 radical (unpaired) electrons. The predicted molar refractivity (Wildman–Crippen MR) is 75.8 cm³/mol. The third-order valence-corrected chi connectivity index (χ3v) is 4.62. The number of hydrogen-bond donors (Lipinski definition) is 1. The van der Waals surface area contributed by atoms with Crippen molar-refractivity contribution in [2.24, 2.45) is 11.8 Å². The first-order chi connectivity index (χ1) is 8.70. The number of ether oxygens (including phenoxy) is 1. The van der Waals surface area contributed by atoms with Crippen LogP contribution in [-0.4, -0.2) is 50.3 Å². The maximum Gasteiger partial charge on any atom is 0.0857 e. The number of nitrogens with one attached hydrogen (secondary N) is 1. The molecule has 1 saturated heterocycles. The van der Waals surface area contributed by atoms with E-state index >= 15 is 0 Å². The lowest BCUT2D eigenvalue weighted by atomic mass is 9.77. The highest BCUT2D eigenvalue weighted by atomic mass is 16.5. The van der Waals surface area contributed by atoms with E-state index in [1.807, 2.05) is 0 Å². The molecule has 0 spiro atoms. The molecule has 1 heterocycles. The van der Waals surface area contributed by atoms with Crippen molar-refractivity contribution in [3.63, 3.8) is 0 Å². The van der Waals surface area contributed by atoms with Gasteiger partial charge in [-0.2, -0.15) is 0 Å². The highest BCUT2D eigenvalue weighted by molar-refractivity contribution is 4.89. The van der Waals surface area contributed by atoms with Gasteiger partial charge in [-0.15, -0.1) is 0 Å². The Morgan fingerprint density at radius 3 is 2.89 bits per heavy atom. The van der Waals surface area contributed by atoms with E-state index in [0.717, 1.165) is 38.1 Å². The Kier molecular flexibility index (Phi) is 5.46. The second-order valence-electron chi connectivity index (χ2n) is 6.29. The minimum absolute atomic E-state index is 0.388. The summed E-state index contributed by atoms with van der Waals surface area (Å²) in [7, 11) is 2.21. The van der Waals surface area contributed by atoms with Gasteiger partial charge < -0.3 is 15.0 Å². The van der Waals surface area contributed by atoms with E-state index in [1.54, 1.807) is 0 Å². The largest absolute Gasteiger partial charge is 0.374 e. The quantitative estimate of drug-likeness (QED) is 0.832. The normalized spacial score (nSPS) is 36.5. The molecule has 1 aliphatic carbocycles. The lowest BCUT2D eigenvalue weighted by Gasteiger charge is -2.41. The molecule has 4 atom stereocenters. The summed E-state index contributed by atoms with van der Waals surface area (Å²) in [5, 5.41) is 3.71. The fraction of sp³-hybridized carbons (Fsp3) is 1.00. The van der Waals surface area contributed by atoms with Crippen LogP contribution in [0.2, 0.25) is 0 Å². The van der Waals surface area contributed by atoms with Crippen molar-refractivity contribution in [3.05, 3.63) is 0 Å². The monoisotopic (exact) mass is 254 g/mol. The minimum atomic E-state index is 0.388. The van der Waals surface area contributed by atoms with Crippen LogP contribution in [0.15, 0.2) is 0 Å². The van der Waals surface area contributed by atoms with Crippen molar-refractivity contribution in [1.29, 1.82) is 0 Å². The molecule has 3 nitrogen and oxygen atoms in total. The Bertz CT molecular complexity index is 225. The molecule has 3 heteroatoms. The molecular weight excluding hydrogens is 224 g/mol. The van der Waals surface area contributed by atoms with E-state index in [9.17, 15) is 0 Å². The third kappa shape index (κ3) is 3.69. The summed E-state index contributed by atoms with van der Waals surface area (Å²) in [6.07, 6.45) is 5.96. The van der Waals surface area contributed by atoms with Crippen molar-refractivity contribution < 1.29 is 4.74 Å². The van der Waals surface area contributed by atoms with Gasteiger partial charge in [0.2, 0.25) is 0 Å². The molecule has 0 amide bonds. The Morgan fingerprint density at radius 1 is 1.39 bits per heavy atom. The molecule has 0 bridgehead atoms. The standard InChI is InChI=1S/C15H30N2O/c1-4-16-15(13-7-5-6-12(2)10-13)14-11-17(3)8-9-18-14/h12-16H,4-11H2,1-3H3. The van der Waals surface area contributed by atoms with Gasteiger partial charge in [-0.1, -0.05) is 26.7 Å². The van der Waals surface area contributed by atoms with Gasteiger partial charge in [0.05, 0.1) is 12.7 Å². The number of likely N-dealkylation sites (N-methyl/N-ethyl adjacent to an activating group) is 2. The topological polar surface area (TPSA) is 24.5 Å². The maximum absolute atomic E-state index is 6.05. The van der Waals surface area contributed by atoms with Crippen molar-refractivity contribution >= 4 is 0 Å². The number of rotatable bonds is 4. The van der Waals surface area contributed by atoms with E-state index in [2.05, 4.69) is 31.1 Å². The molecule has 1 N–H and O–H groups in total. The van der Waals surface area contributed by atoms with Crippen LogP contribution in [0.3, 0.4) is 0 Å². The van der Waals surface area contributed by atoms with Gasteiger partial charge in [-0.3, -0.25) is 0 Å². The van der Waals surface area contributed by atoms with Gasteiger partial charge in [0.25, 0.3) is 0 Å². The summed E-state index contributed by atoms with van der Waals surface area (Å²) in [6, 6.07) is 0.556. The van der Waals surface area contributed by atoms with E-state index in [0.29, 0.717) is 12.1 Å². The van der Waals surface area contributed by atoms with Crippen LogP contribution in [-0.2, 0) is 4.74 Å². The second-order valence-corrected chi connectivity index (χ2v) is 6.29. The van der Waals surface area contributed by atoms with Crippen LogP contribution < -0.4 is 5.32 Å². The van der Waals surface area contributed by atoms with E-state index in [1.165, 1.54) is 25.7 Å². The van der Waals surface area contributed by atoms with Gasteiger partial charge in [0.1, 0.15) is 0 Å². The van der Waals surface area contributed by atoms with Crippen molar-refractivity contribution in [2.45, 2.75) is 51.7 Å². The zero-order chi connectivity index (χ0) is 13.0. The number of nitrogens with zero attached hydrogens (tertiary/aromatic N) is 1. The van der Waals surface area contributed by atoms with E-state index in [4.69, 9.17) is 4.74 Å². The number of hydrogen-bond acceptors (Lipinski definition) is 3. The van der Waals surface area contributed by atoms with Crippen molar-refractivity contribution in [2.75, 3.05) is 33.3 Å². The molecule has 1 aliphatic heterocycles. The fourth-order valence-corrected chi connectivity index (χ4v) is 3.67. The summed E-state index contributed by atoms with van der Waals surface area (Å²) in [5.74, 6) is 1.71. The first-order valence-corrected chi connectivity index (χ1v) is 7.74. The van der Waals surface area contributed by atoms with E-state index < -0.39 is 0 Å². The van der Waals surface area contributed by atoms with Crippen molar-refractivity contribution in [3.8, 4) is 0 Å². The van der Waals surface area contributed by atoms with Crippen LogP contribution in [0, 0.1) is 11.8 Å². The highest BCUT2D eigenvalue weighted by Gasteiger charge is 2.34. The van der Waals surface area contributed by atoms with Gasteiger partial charge in [0.15, 0.2) is 0 Å². The summed E-state index contributed by atoms with van der Waals surface area (Å²) in [4.78, 5) is 2.41. The Balaban J connectivity index is 1.97. The van der Waals surface area contributed by atoms with Crippen LogP contribution in [0.25, 0.3) is 0 Å². The molecule has 0 aromatic rings. The molecule has 0 aromatic carbocycles. The molecular formula is C15H30N2O. The van der Waals surface area contributed by atoms with Crippen LogP contribution in [0.1, 0.15) is 39.5 Å². The molecule has 2 fully saturated rings. The van der Waals surface area contributed by atoms with Gasteiger partial charge in [0, 0.05) is 19.1 Å². The molecule has 2 rings (SSSR count). The Hall–Kier alpha value is -0.120. The first kappa shape index (κ1) is 14.3. The highest BCUT2D eigenvalue weighted by Crippen LogP contribution is 2.32. The fourth-order valence-electron chi connectivity index (χ4n) is 3.67.